The molecule has 1 heterocycles. The van der Waals surface area contributed by atoms with Crippen LogP contribution >= 0.6 is 0 Å². The number of nitrogens with one attached hydrogen (secondary N) is 1. The van der Waals surface area contributed by atoms with Crippen molar-refractivity contribution in [3.8, 4) is 5.75 Å². The molecule has 1 N–H and O–H groups in total. The van der Waals surface area contributed by atoms with E-state index in [-0.39, 0.29) is 24.8 Å². The van der Waals surface area contributed by atoms with E-state index in [0.29, 0.717) is 25.1 Å². The third-order valence-corrected chi connectivity index (χ3v) is 6.12. The van der Waals surface area contributed by atoms with Gasteiger partial charge in [-0.1, -0.05) is 43.2 Å². The number of ether oxygens (including phenoxy) is 1. The maximum Gasteiger partial charge on any atom is 0.325 e. The Bertz CT molecular complexity index is 953. The van der Waals surface area contributed by atoms with Crippen LogP contribution in [0.15, 0.2) is 54.6 Å². The molecule has 4 rings (SSSR count). The van der Waals surface area contributed by atoms with Gasteiger partial charge in [0.25, 0.3) is 5.91 Å². The van der Waals surface area contributed by atoms with E-state index < -0.39 is 11.6 Å². The predicted octanol–water partition coefficient (Wildman–Crippen LogP) is 3.48. The molecule has 1 spiro atoms. The summed E-state index contributed by atoms with van der Waals surface area (Å²) >= 11 is 0. The van der Waals surface area contributed by atoms with Gasteiger partial charge in [0.2, 0.25) is 5.91 Å². The lowest BCUT2D eigenvalue weighted by Gasteiger charge is -2.25. The fourth-order valence-corrected chi connectivity index (χ4v) is 4.39. The number of anilines is 1. The number of rotatable bonds is 7. The van der Waals surface area contributed by atoms with Gasteiger partial charge in [-0.15, -0.1) is 0 Å². The summed E-state index contributed by atoms with van der Waals surface area (Å²) in [4.78, 5) is 41.4. The average Bonchev–Trinajstić information content (AvgIpc) is 3.36. The number of carbonyl (C=O) groups is 3. The molecule has 0 atom stereocenters. The second-order valence-electron chi connectivity index (χ2n) is 8.09. The molecule has 1 aliphatic carbocycles. The van der Waals surface area contributed by atoms with Gasteiger partial charge in [-0.2, -0.15) is 0 Å². The highest BCUT2D eigenvalue weighted by molar-refractivity contribution is 6.07. The SMILES string of the molecule is COc1ccc(N(Cc2ccccc2)C(=O)CCN2C(=O)NC3(CCCC3)C2=O)cc1. The van der Waals surface area contributed by atoms with Crippen molar-refractivity contribution in [2.24, 2.45) is 0 Å². The largest absolute Gasteiger partial charge is 0.497 e. The zero-order chi connectivity index (χ0) is 21.8. The summed E-state index contributed by atoms with van der Waals surface area (Å²) in [6.07, 6.45) is 3.28. The number of urea groups is 1. The fraction of sp³-hybridized carbons (Fsp3) is 0.375. The first-order valence-corrected chi connectivity index (χ1v) is 10.6. The smallest absolute Gasteiger partial charge is 0.325 e. The van der Waals surface area contributed by atoms with Crippen LogP contribution in [0.25, 0.3) is 0 Å². The highest BCUT2D eigenvalue weighted by Crippen LogP contribution is 2.35. The molecule has 1 saturated carbocycles. The van der Waals surface area contributed by atoms with Gasteiger partial charge in [0, 0.05) is 18.7 Å². The van der Waals surface area contributed by atoms with Crippen molar-refractivity contribution in [2.75, 3.05) is 18.6 Å². The maximum atomic E-state index is 13.2. The number of amides is 4. The molecule has 4 amide bonds. The van der Waals surface area contributed by atoms with Gasteiger partial charge in [-0.3, -0.25) is 14.5 Å². The minimum atomic E-state index is -0.750. The Morgan fingerprint density at radius 2 is 1.74 bits per heavy atom. The molecule has 0 bridgehead atoms. The molecule has 2 aliphatic rings. The van der Waals surface area contributed by atoms with E-state index in [0.717, 1.165) is 24.1 Å². The van der Waals surface area contributed by atoms with Crippen LogP contribution in [-0.2, 0) is 16.1 Å². The van der Waals surface area contributed by atoms with Crippen LogP contribution in [0.5, 0.6) is 5.75 Å². The molecule has 0 radical (unpaired) electrons. The zero-order valence-electron chi connectivity index (χ0n) is 17.7. The summed E-state index contributed by atoms with van der Waals surface area (Å²) in [6, 6.07) is 16.6. The number of imide groups is 1. The molecule has 2 aromatic rings. The van der Waals surface area contributed by atoms with Crippen molar-refractivity contribution < 1.29 is 19.1 Å². The third kappa shape index (κ3) is 4.26. The van der Waals surface area contributed by atoms with Gasteiger partial charge in [-0.25, -0.2) is 4.79 Å². The standard InChI is InChI=1S/C24H27N3O4/c1-31-20-11-9-19(10-12-20)27(17-18-7-3-2-4-8-18)21(28)13-16-26-22(29)24(25-23(26)30)14-5-6-15-24/h2-4,7-12H,5-6,13-17H2,1H3,(H,25,30). The van der Waals surface area contributed by atoms with E-state index >= 15 is 0 Å². The number of hydrogen-bond acceptors (Lipinski definition) is 4. The zero-order valence-corrected chi connectivity index (χ0v) is 17.7. The molecule has 1 aliphatic heterocycles. The molecule has 162 valence electrons. The minimum Gasteiger partial charge on any atom is -0.497 e. The summed E-state index contributed by atoms with van der Waals surface area (Å²) in [6.45, 7) is 0.475. The molecular weight excluding hydrogens is 394 g/mol. The van der Waals surface area contributed by atoms with Crippen LogP contribution in [0, 0.1) is 0 Å². The lowest BCUT2D eigenvalue weighted by molar-refractivity contribution is -0.131. The van der Waals surface area contributed by atoms with Gasteiger partial charge in [0.1, 0.15) is 11.3 Å². The van der Waals surface area contributed by atoms with Gasteiger partial charge < -0.3 is 15.0 Å². The average molecular weight is 421 g/mol. The lowest BCUT2D eigenvalue weighted by atomic mass is 9.98. The summed E-state index contributed by atoms with van der Waals surface area (Å²) in [5.74, 6) is 0.362. The van der Waals surface area contributed by atoms with Crippen molar-refractivity contribution in [3.63, 3.8) is 0 Å². The summed E-state index contributed by atoms with van der Waals surface area (Å²) in [7, 11) is 1.59. The van der Waals surface area contributed by atoms with E-state index in [9.17, 15) is 14.4 Å². The van der Waals surface area contributed by atoms with Crippen molar-refractivity contribution in [3.05, 3.63) is 60.2 Å². The minimum absolute atomic E-state index is 0.0636. The first-order chi connectivity index (χ1) is 15.0. The van der Waals surface area contributed by atoms with Gasteiger partial charge in [-0.05, 0) is 42.7 Å². The van der Waals surface area contributed by atoms with Crippen LogP contribution in [0.3, 0.4) is 0 Å². The summed E-state index contributed by atoms with van der Waals surface area (Å²) in [5.41, 5.74) is 0.977. The van der Waals surface area contributed by atoms with Crippen LogP contribution in [0.2, 0.25) is 0 Å². The fourth-order valence-electron chi connectivity index (χ4n) is 4.39. The molecular formula is C24H27N3O4. The van der Waals surface area contributed by atoms with E-state index in [4.69, 9.17) is 4.74 Å². The number of methoxy groups -OCH3 is 1. The summed E-state index contributed by atoms with van der Waals surface area (Å²) in [5, 5.41) is 2.86. The highest BCUT2D eigenvalue weighted by Gasteiger charge is 2.52. The van der Waals surface area contributed by atoms with Crippen LogP contribution in [0.1, 0.15) is 37.7 Å². The van der Waals surface area contributed by atoms with E-state index in [1.165, 1.54) is 4.90 Å². The normalized spacial score (nSPS) is 17.1. The number of benzene rings is 2. The Morgan fingerprint density at radius 3 is 2.39 bits per heavy atom. The number of nitrogens with zero attached hydrogens (tertiary/aromatic N) is 2. The molecule has 7 heteroatoms. The molecule has 7 nitrogen and oxygen atoms in total. The van der Waals surface area contributed by atoms with Crippen molar-refractivity contribution >= 4 is 23.5 Å². The Labute approximate surface area is 182 Å². The monoisotopic (exact) mass is 421 g/mol. The molecule has 0 unspecified atom stereocenters. The van der Waals surface area contributed by atoms with Crippen LogP contribution < -0.4 is 15.0 Å². The molecule has 2 aromatic carbocycles. The second kappa shape index (κ2) is 8.79. The van der Waals surface area contributed by atoms with Crippen molar-refractivity contribution in [2.45, 2.75) is 44.2 Å². The second-order valence-corrected chi connectivity index (χ2v) is 8.09. The Balaban J connectivity index is 1.49. The third-order valence-electron chi connectivity index (χ3n) is 6.12. The first-order valence-electron chi connectivity index (χ1n) is 10.6. The Morgan fingerprint density at radius 1 is 1.06 bits per heavy atom. The van der Waals surface area contributed by atoms with Gasteiger partial charge in [0.05, 0.1) is 13.7 Å². The van der Waals surface area contributed by atoms with E-state index in [2.05, 4.69) is 5.32 Å². The molecule has 31 heavy (non-hydrogen) atoms. The maximum absolute atomic E-state index is 13.2. The predicted molar refractivity (Wildman–Crippen MR) is 117 cm³/mol. The van der Waals surface area contributed by atoms with Gasteiger partial charge in [0.15, 0.2) is 0 Å². The molecule has 1 saturated heterocycles. The van der Waals surface area contributed by atoms with Crippen LogP contribution in [0.4, 0.5) is 10.5 Å². The van der Waals surface area contributed by atoms with Gasteiger partial charge >= 0.3 is 6.03 Å². The van der Waals surface area contributed by atoms with Crippen molar-refractivity contribution in [1.82, 2.24) is 10.2 Å². The first kappa shape index (κ1) is 20.9. The Hall–Kier alpha value is -3.35. The van der Waals surface area contributed by atoms with Crippen molar-refractivity contribution in [1.29, 1.82) is 0 Å². The quantitative estimate of drug-likeness (QED) is 0.694. The van der Waals surface area contributed by atoms with E-state index in [1.54, 1.807) is 12.0 Å². The molecule has 0 aromatic heterocycles. The summed E-state index contributed by atoms with van der Waals surface area (Å²) < 4.78 is 5.22. The number of carbonyl (C=O) groups excluding carboxylic acids is 3. The highest BCUT2D eigenvalue weighted by atomic mass is 16.5. The molecule has 2 fully saturated rings. The Kier molecular flexibility index (Phi) is 5.93. The van der Waals surface area contributed by atoms with Crippen LogP contribution in [-0.4, -0.2) is 41.9 Å². The van der Waals surface area contributed by atoms with E-state index in [1.807, 2.05) is 54.6 Å². The lowest BCUT2D eigenvalue weighted by Crippen LogP contribution is -2.44. The topological polar surface area (TPSA) is 79.0 Å². The number of hydrogen-bond donors (Lipinski definition) is 1.